The maximum absolute atomic E-state index is 4.36. The lowest BCUT2D eigenvalue weighted by molar-refractivity contribution is 0.453. The van der Waals surface area contributed by atoms with Crippen LogP contribution in [0.3, 0.4) is 0 Å². The van der Waals surface area contributed by atoms with Crippen molar-refractivity contribution in [2.24, 2.45) is 10.8 Å². The summed E-state index contributed by atoms with van der Waals surface area (Å²) in [4.78, 5) is 0. The lowest BCUT2D eigenvalue weighted by atomic mass is 9.62. The van der Waals surface area contributed by atoms with E-state index in [1.165, 1.54) is 111 Å². The molecule has 334 valence electrons. The van der Waals surface area contributed by atoms with Crippen molar-refractivity contribution >= 4 is 5.57 Å². The van der Waals surface area contributed by atoms with E-state index in [4.69, 9.17) is 0 Å². The van der Waals surface area contributed by atoms with E-state index in [-0.39, 0.29) is 16.2 Å². The molecule has 0 amide bonds. The fraction of sp³-hybridized carbons (Fsp3) is 0.206. The van der Waals surface area contributed by atoms with Crippen LogP contribution in [0.25, 0.3) is 50.1 Å². The van der Waals surface area contributed by atoms with Gasteiger partial charge in [0, 0.05) is 10.8 Å². The second-order valence-electron chi connectivity index (χ2n) is 22.3. The summed E-state index contributed by atoms with van der Waals surface area (Å²) >= 11 is 0. The van der Waals surface area contributed by atoms with Gasteiger partial charge in [0.1, 0.15) is 0 Å². The van der Waals surface area contributed by atoms with Gasteiger partial charge < -0.3 is 0 Å². The van der Waals surface area contributed by atoms with Crippen LogP contribution in [0.5, 0.6) is 0 Å². The Labute approximate surface area is 405 Å². The monoisotopic (exact) mass is 878 g/mol. The van der Waals surface area contributed by atoms with Gasteiger partial charge in [0.2, 0.25) is 0 Å². The molecular formula is C68H62. The number of fused-ring (bicyclic) bond motifs is 10. The van der Waals surface area contributed by atoms with Gasteiger partial charge in [-0.15, -0.1) is 0 Å². The zero-order valence-electron chi connectivity index (χ0n) is 41.3. The van der Waals surface area contributed by atoms with E-state index >= 15 is 0 Å². The Morgan fingerprint density at radius 2 is 0.897 bits per heavy atom. The van der Waals surface area contributed by atoms with Gasteiger partial charge >= 0.3 is 0 Å². The van der Waals surface area contributed by atoms with E-state index < -0.39 is 10.8 Å². The minimum Gasteiger partial charge on any atom is -0.0988 e. The second-order valence-corrected chi connectivity index (χ2v) is 22.3. The predicted molar refractivity (Wildman–Crippen MR) is 289 cm³/mol. The van der Waals surface area contributed by atoms with E-state index in [2.05, 4.69) is 269 Å². The Bertz CT molecular complexity index is 3340. The molecule has 1 spiro atoms. The molecule has 3 aliphatic rings. The first-order valence-electron chi connectivity index (χ1n) is 24.5. The molecule has 0 heteroatoms. The fourth-order valence-electron chi connectivity index (χ4n) is 12.5. The van der Waals surface area contributed by atoms with E-state index in [0.29, 0.717) is 0 Å². The summed E-state index contributed by atoms with van der Waals surface area (Å²) in [5, 5.41) is 0. The van der Waals surface area contributed by atoms with Crippen LogP contribution >= 0.6 is 0 Å². The van der Waals surface area contributed by atoms with E-state index in [1.54, 1.807) is 0 Å². The van der Waals surface area contributed by atoms with Crippen LogP contribution in [0, 0.1) is 10.8 Å². The van der Waals surface area contributed by atoms with E-state index in [1.807, 2.05) is 0 Å². The van der Waals surface area contributed by atoms with Crippen LogP contribution in [0.15, 0.2) is 218 Å². The van der Waals surface area contributed by atoms with Crippen molar-refractivity contribution in [3.05, 3.63) is 268 Å². The molecule has 8 aromatic rings. The lowest BCUT2D eigenvalue weighted by Crippen LogP contribution is -2.33. The van der Waals surface area contributed by atoms with Crippen molar-refractivity contribution in [2.45, 2.75) is 78.6 Å². The topological polar surface area (TPSA) is 0 Å². The van der Waals surface area contributed by atoms with Crippen LogP contribution in [0.2, 0.25) is 0 Å². The predicted octanol–water partition coefficient (Wildman–Crippen LogP) is 18.0. The standard InChI is InChI=1S/C68H62/c1-11-48(64(2,3)4)42-57-56-38-34-47(41-62(56)68(63(57)65(5,6)7)59-30-19-16-27-53(59)54-28-17-20-31-60(54)68)46-24-21-25-50(40-46)67(10,49-35-32-45(33-36-49)44-22-13-12-14-23-44)51-37-39-55-52-26-15-18-29-58(52)66(8,9)61(55)43-51/h11-43H,1H2,2-10H3/b48-42+. The van der Waals surface area contributed by atoms with Crippen molar-refractivity contribution in [3.63, 3.8) is 0 Å². The molecule has 0 aliphatic heterocycles. The summed E-state index contributed by atoms with van der Waals surface area (Å²) in [6, 6.07) is 71.5. The number of rotatable bonds is 7. The summed E-state index contributed by atoms with van der Waals surface area (Å²) in [5.41, 5.74) is 24.9. The first-order chi connectivity index (χ1) is 32.6. The molecule has 1 atom stereocenters. The minimum absolute atomic E-state index is 0.0768. The highest BCUT2D eigenvalue weighted by molar-refractivity contribution is 5.98. The average Bonchev–Trinajstić information content (AvgIpc) is 3.90. The number of allylic oxidation sites excluding steroid dienone is 5. The molecule has 8 aromatic carbocycles. The molecule has 0 bridgehead atoms. The summed E-state index contributed by atoms with van der Waals surface area (Å²) in [7, 11) is 0. The highest BCUT2D eigenvalue weighted by Gasteiger charge is 2.55. The lowest BCUT2D eigenvalue weighted by Gasteiger charge is -2.39. The molecule has 0 heterocycles. The summed E-state index contributed by atoms with van der Waals surface area (Å²) < 4.78 is 0. The largest absolute Gasteiger partial charge is 0.0988 e. The highest BCUT2D eigenvalue weighted by atomic mass is 14.6. The molecule has 11 rings (SSSR count). The molecule has 0 radical (unpaired) electrons. The Morgan fingerprint density at radius 1 is 0.412 bits per heavy atom. The molecule has 0 N–H and O–H groups in total. The fourth-order valence-corrected chi connectivity index (χ4v) is 12.5. The van der Waals surface area contributed by atoms with Crippen LogP contribution in [0.1, 0.15) is 112 Å². The van der Waals surface area contributed by atoms with Gasteiger partial charge in [-0.25, -0.2) is 0 Å². The minimum atomic E-state index is -0.478. The van der Waals surface area contributed by atoms with Gasteiger partial charge in [-0.3, -0.25) is 0 Å². The normalized spacial score (nSPS) is 16.2. The highest BCUT2D eigenvalue weighted by Crippen LogP contribution is 2.66. The number of hydrogen-bond donors (Lipinski definition) is 0. The van der Waals surface area contributed by atoms with Crippen molar-refractivity contribution in [1.29, 1.82) is 0 Å². The maximum atomic E-state index is 4.36. The molecule has 0 nitrogen and oxygen atoms in total. The van der Waals surface area contributed by atoms with Crippen LogP contribution in [-0.2, 0) is 16.2 Å². The van der Waals surface area contributed by atoms with E-state index in [9.17, 15) is 0 Å². The van der Waals surface area contributed by atoms with Crippen molar-refractivity contribution in [3.8, 4) is 44.5 Å². The van der Waals surface area contributed by atoms with Gasteiger partial charge in [0.25, 0.3) is 0 Å². The molecule has 0 aromatic heterocycles. The maximum Gasteiger partial charge on any atom is 0.0693 e. The third kappa shape index (κ3) is 6.40. The Hall–Kier alpha value is -7.02. The SMILES string of the molecule is C=C/C(=C\C1=C(C(C)(C)C)C2(c3cc(-c4cccc(C(C)(c5ccc(-c6ccccc6)cc5)c5ccc6c(c5)C(C)(C)c5ccccc5-6)c4)ccc31)c1ccccc1-c1ccccc12)C(C)(C)C. The summed E-state index contributed by atoms with van der Waals surface area (Å²) in [6.07, 6.45) is 4.54. The number of benzene rings is 8. The average molecular weight is 879 g/mol. The third-order valence-corrected chi connectivity index (χ3v) is 15.9. The van der Waals surface area contributed by atoms with Gasteiger partial charge in [-0.2, -0.15) is 0 Å². The summed E-state index contributed by atoms with van der Waals surface area (Å²) in [5.74, 6) is 0. The van der Waals surface area contributed by atoms with Gasteiger partial charge in [0.05, 0.1) is 5.41 Å². The molecule has 1 unspecified atom stereocenters. The van der Waals surface area contributed by atoms with Crippen LogP contribution < -0.4 is 0 Å². The Balaban J connectivity index is 1.13. The zero-order valence-corrected chi connectivity index (χ0v) is 41.3. The van der Waals surface area contributed by atoms with Gasteiger partial charge in [0.15, 0.2) is 0 Å². The van der Waals surface area contributed by atoms with Crippen LogP contribution in [-0.4, -0.2) is 0 Å². The van der Waals surface area contributed by atoms with Gasteiger partial charge in [-0.05, 0) is 141 Å². The van der Waals surface area contributed by atoms with Gasteiger partial charge in [-0.1, -0.05) is 250 Å². The molecule has 68 heavy (non-hydrogen) atoms. The molecule has 0 saturated heterocycles. The van der Waals surface area contributed by atoms with Crippen LogP contribution in [0.4, 0.5) is 0 Å². The van der Waals surface area contributed by atoms with E-state index in [0.717, 1.165) is 0 Å². The zero-order chi connectivity index (χ0) is 47.4. The Morgan fingerprint density at radius 3 is 1.51 bits per heavy atom. The van der Waals surface area contributed by atoms with Crippen molar-refractivity contribution in [2.75, 3.05) is 0 Å². The van der Waals surface area contributed by atoms with Crippen molar-refractivity contribution in [1.82, 2.24) is 0 Å². The first-order valence-corrected chi connectivity index (χ1v) is 24.5. The first kappa shape index (κ1) is 43.5. The molecule has 0 saturated carbocycles. The quantitative estimate of drug-likeness (QED) is 0.111. The molecule has 0 fully saturated rings. The second kappa shape index (κ2) is 15.5. The molecular weight excluding hydrogens is 817 g/mol. The summed E-state index contributed by atoms with van der Waals surface area (Å²) in [6.45, 7) is 25.7. The third-order valence-electron chi connectivity index (χ3n) is 15.9. The Kier molecular flexibility index (Phi) is 9.93. The smallest absolute Gasteiger partial charge is 0.0693 e. The molecule has 3 aliphatic carbocycles. The van der Waals surface area contributed by atoms with Crippen molar-refractivity contribution < 1.29 is 0 Å². The number of hydrogen-bond acceptors (Lipinski definition) is 0.